The summed E-state index contributed by atoms with van der Waals surface area (Å²) in [5.74, 6) is -0.471. The molecule has 136 valence electrons. The van der Waals surface area contributed by atoms with Crippen LogP contribution in [0.5, 0.6) is 5.75 Å². The Bertz CT molecular complexity index is 766. The molecule has 1 N–H and O–H groups in total. The van der Waals surface area contributed by atoms with Crippen LogP contribution in [0.1, 0.15) is 11.1 Å². The molecule has 0 atom stereocenters. The summed E-state index contributed by atoms with van der Waals surface area (Å²) in [4.78, 5) is 13.0. The standard InChI is InChI=1S/C20H23N3O3/c1-16-6-8-18(9-7-16)22-10-12-23(13-11-22)21-14-17-4-2-3-5-19(17)26-15-20(24)25/h2-9,14H,10-13,15H2,1H3,(H,24,25). The Morgan fingerprint density at radius 2 is 1.81 bits per heavy atom. The Morgan fingerprint density at radius 1 is 1.12 bits per heavy atom. The van der Waals surface area contributed by atoms with Gasteiger partial charge in [0.2, 0.25) is 0 Å². The molecular weight excluding hydrogens is 330 g/mol. The molecule has 1 aliphatic heterocycles. The number of rotatable bonds is 6. The Kier molecular flexibility index (Phi) is 5.73. The van der Waals surface area contributed by atoms with Crippen LogP contribution in [0.15, 0.2) is 53.6 Å². The number of carbonyl (C=O) groups is 1. The van der Waals surface area contributed by atoms with Crippen molar-refractivity contribution in [3.05, 3.63) is 59.7 Å². The first-order chi connectivity index (χ1) is 12.6. The summed E-state index contributed by atoms with van der Waals surface area (Å²) < 4.78 is 5.31. The van der Waals surface area contributed by atoms with Gasteiger partial charge >= 0.3 is 5.97 Å². The molecule has 0 aromatic heterocycles. The molecule has 2 aromatic rings. The molecule has 0 radical (unpaired) electrons. The summed E-state index contributed by atoms with van der Waals surface area (Å²) in [6.07, 6.45) is 1.73. The number of piperazine rings is 1. The first-order valence-electron chi connectivity index (χ1n) is 8.66. The first kappa shape index (κ1) is 17.8. The summed E-state index contributed by atoms with van der Waals surface area (Å²) in [5, 5.41) is 15.3. The van der Waals surface area contributed by atoms with Crippen molar-refractivity contribution in [2.75, 3.05) is 37.7 Å². The number of hydrazone groups is 1. The third-order valence-corrected chi connectivity index (χ3v) is 4.29. The molecule has 0 amide bonds. The number of aryl methyl sites for hydroxylation is 1. The molecule has 1 heterocycles. The van der Waals surface area contributed by atoms with Crippen LogP contribution in [0.3, 0.4) is 0 Å². The smallest absolute Gasteiger partial charge is 0.341 e. The first-order valence-corrected chi connectivity index (χ1v) is 8.66. The maximum absolute atomic E-state index is 10.7. The van der Waals surface area contributed by atoms with Gasteiger partial charge in [0.1, 0.15) is 5.75 Å². The van der Waals surface area contributed by atoms with E-state index in [0.29, 0.717) is 5.75 Å². The Balaban J connectivity index is 1.57. The molecule has 0 unspecified atom stereocenters. The fourth-order valence-electron chi connectivity index (χ4n) is 2.83. The van der Waals surface area contributed by atoms with Crippen molar-refractivity contribution < 1.29 is 14.6 Å². The number of carboxylic acids is 1. The molecule has 1 saturated heterocycles. The van der Waals surface area contributed by atoms with Crippen LogP contribution in [0.25, 0.3) is 0 Å². The highest BCUT2D eigenvalue weighted by atomic mass is 16.5. The van der Waals surface area contributed by atoms with Crippen LogP contribution in [0, 0.1) is 6.92 Å². The van der Waals surface area contributed by atoms with Gasteiger partial charge in [0, 0.05) is 24.3 Å². The molecule has 0 aliphatic carbocycles. The maximum Gasteiger partial charge on any atom is 0.341 e. The Hall–Kier alpha value is -3.02. The number of hydrogen-bond acceptors (Lipinski definition) is 5. The van der Waals surface area contributed by atoms with Gasteiger partial charge in [0.15, 0.2) is 6.61 Å². The fraction of sp³-hybridized carbons (Fsp3) is 0.300. The minimum atomic E-state index is -0.996. The molecule has 26 heavy (non-hydrogen) atoms. The van der Waals surface area contributed by atoms with Crippen LogP contribution in [-0.4, -0.2) is 55.1 Å². The number of hydrogen-bond donors (Lipinski definition) is 1. The van der Waals surface area contributed by atoms with Gasteiger partial charge in [-0.3, -0.25) is 5.01 Å². The van der Waals surface area contributed by atoms with Crippen molar-refractivity contribution in [1.82, 2.24) is 5.01 Å². The highest BCUT2D eigenvalue weighted by molar-refractivity contribution is 5.83. The molecule has 0 bridgehead atoms. The number of aliphatic carboxylic acids is 1. The second-order valence-electron chi connectivity index (χ2n) is 6.24. The summed E-state index contributed by atoms with van der Waals surface area (Å²) in [6.45, 7) is 5.23. The number of anilines is 1. The van der Waals surface area contributed by atoms with Crippen LogP contribution >= 0.6 is 0 Å². The molecule has 6 nitrogen and oxygen atoms in total. The predicted molar refractivity (Wildman–Crippen MR) is 102 cm³/mol. The summed E-state index contributed by atoms with van der Waals surface area (Å²) >= 11 is 0. The summed E-state index contributed by atoms with van der Waals surface area (Å²) in [6, 6.07) is 15.9. The van der Waals surface area contributed by atoms with Crippen molar-refractivity contribution in [3.63, 3.8) is 0 Å². The average Bonchev–Trinajstić information content (AvgIpc) is 2.66. The quantitative estimate of drug-likeness (QED) is 0.809. The van der Waals surface area contributed by atoms with Gasteiger partial charge in [0.25, 0.3) is 0 Å². The van der Waals surface area contributed by atoms with Crippen molar-refractivity contribution in [3.8, 4) is 5.75 Å². The lowest BCUT2D eigenvalue weighted by Crippen LogP contribution is -2.44. The van der Waals surface area contributed by atoms with E-state index >= 15 is 0 Å². The van der Waals surface area contributed by atoms with Gasteiger partial charge in [-0.2, -0.15) is 5.10 Å². The van der Waals surface area contributed by atoms with Gasteiger partial charge in [-0.15, -0.1) is 0 Å². The van der Waals surface area contributed by atoms with Crippen LogP contribution < -0.4 is 9.64 Å². The molecule has 6 heteroatoms. The second kappa shape index (κ2) is 8.38. The average molecular weight is 353 g/mol. The van der Waals surface area contributed by atoms with Gasteiger partial charge in [-0.25, -0.2) is 4.79 Å². The summed E-state index contributed by atoms with van der Waals surface area (Å²) in [7, 11) is 0. The highest BCUT2D eigenvalue weighted by Crippen LogP contribution is 2.18. The van der Waals surface area contributed by atoms with Crippen LogP contribution in [0.2, 0.25) is 0 Å². The van der Waals surface area contributed by atoms with Gasteiger partial charge in [-0.1, -0.05) is 29.8 Å². The molecule has 2 aromatic carbocycles. The van der Waals surface area contributed by atoms with Crippen molar-refractivity contribution in [1.29, 1.82) is 0 Å². The number of benzene rings is 2. The largest absolute Gasteiger partial charge is 0.481 e. The zero-order valence-electron chi connectivity index (χ0n) is 14.8. The number of para-hydroxylation sites is 1. The molecular formula is C20H23N3O3. The molecule has 0 spiro atoms. The van der Waals surface area contributed by atoms with E-state index in [1.165, 1.54) is 11.3 Å². The number of ether oxygens (including phenoxy) is 1. The van der Waals surface area contributed by atoms with E-state index in [9.17, 15) is 4.79 Å². The van der Waals surface area contributed by atoms with E-state index in [1.54, 1.807) is 12.3 Å². The van der Waals surface area contributed by atoms with E-state index in [1.807, 2.05) is 23.2 Å². The van der Waals surface area contributed by atoms with E-state index < -0.39 is 5.97 Å². The topological polar surface area (TPSA) is 65.4 Å². The van der Waals surface area contributed by atoms with Crippen LogP contribution in [-0.2, 0) is 4.79 Å². The van der Waals surface area contributed by atoms with Gasteiger partial charge in [0.05, 0.1) is 19.3 Å². The zero-order valence-corrected chi connectivity index (χ0v) is 14.8. The van der Waals surface area contributed by atoms with Crippen LogP contribution in [0.4, 0.5) is 5.69 Å². The minimum absolute atomic E-state index is 0.361. The highest BCUT2D eigenvalue weighted by Gasteiger charge is 2.15. The third-order valence-electron chi connectivity index (χ3n) is 4.29. The van der Waals surface area contributed by atoms with Crippen molar-refractivity contribution in [2.45, 2.75) is 6.92 Å². The van der Waals surface area contributed by atoms with E-state index in [-0.39, 0.29) is 6.61 Å². The van der Waals surface area contributed by atoms with Gasteiger partial charge < -0.3 is 14.7 Å². The molecule has 1 fully saturated rings. The Labute approximate surface area is 153 Å². The molecule has 3 rings (SSSR count). The van der Waals surface area contributed by atoms with Crippen molar-refractivity contribution in [2.24, 2.45) is 5.10 Å². The lowest BCUT2D eigenvalue weighted by molar-refractivity contribution is -0.139. The minimum Gasteiger partial charge on any atom is -0.481 e. The zero-order chi connectivity index (χ0) is 18.4. The monoisotopic (exact) mass is 353 g/mol. The number of carboxylic acid groups (broad SMARTS) is 1. The normalized spacial score (nSPS) is 14.7. The maximum atomic E-state index is 10.7. The van der Waals surface area contributed by atoms with Gasteiger partial charge in [-0.05, 0) is 31.2 Å². The summed E-state index contributed by atoms with van der Waals surface area (Å²) in [5.41, 5.74) is 3.28. The van der Waals surface area contributed by atoms with E-state index in [0.717, 1.165) is 31.7 Å². The molecule has 0 saturated carbocycles. The molecule has 1 aliphatic rings. The second-order valence-corrected chi connectivity index (χ2v) is 6.24. The van der Waals surface area contributed by atoms with E-state index in [2.05, 4.69) is 41.2 Å². The predicted octanol–water partition coefficient (Wildman–Crippen LogP) is 2.61. The Morgan fingerprint density at radius 3 is 2.50 bits per heavy atom. The van der Waals surface area contributed by atoms with E-state index in [4.69, 9.17) is 9.84 Å². The number of nitrogens with zero attached hydrogens (tertiary/aromatic N) is 3. The third kappa shape index (κ3) is 4.75. The van der Waals surface area contributed by atoms with Crippen molar-refractivity contribution >= 4 is 17.9 Å². The fourth-order valence-corrected chi connectivity index (χ4v) is 2.83. The lowest BCUT2D eigenvalue weighted by atomic mass is 10.2. The SMILES string of the molecule is Cc1ccc(N2CCN(N=Cc3ccccc3OCC(=O)O)CC2)cc1. The lowest BCUT2D eigenvalue weighted by Gasteiger charge is -2.34.